The minimum atomic E-state index is -0.618. The summed E-state index contributed by atoms with van der Waals surface area (Å²) in [7, 11) is 0. The molecule has 0 saturated heterocycles. The molecule has 0 bridgehead atoms. The van der Waals surface area contributed by atoms with Gasteiger partial charge < -0.3 is 10.1 Å². The van der Waals surface area contributed by atoms with E-state index in [4.69, 9.17) is 4.74 Å². The Kier molecular flexibility index (Phi) is 4.05. The molecule has 1 unspecified atom stereocenters. The fourth-order valence-electron chi connectivity index (χ4n) is 3.46. The average Bonchev–Trinajstić information content (AvgIpc) is 3.13. The van der Waals surface area contributed by atoms with Gasteiger partial charge in [-0.15, -0.1) is 0 Å². The first-order valence-corrected chi connectivity index (χ1v) is 8.48. The summed E-state index contributed by atoms with van der Waals surface area (Å²) >= 11 is 0. The third kappa shape index (κ3) is 3.55. The number of ether oxygens (including phenoxy) is 1. The lowest BCUT2D eigenvalue weighted by molar-refractivity contribution is -0.155. The number of aromatic nitrogens is 2. The van der Waals surface area contributed by atoms with E-state index in [0.717, 1.165) is 6.54 Å². The van der Waals surface area contributed by atoms with Crippen LogP contribution in [0.1, 0.15) is 46.5 Å². The van der Waals surface area contributed by atoms with Gasteiger partial charge in [0.1, 0.15) is 17.8 Å². The zero-order valence-electron chi connectivity index (χ0n) is 14.5. The second kappa shape index (κ2) is 5.79. The van der Waals surface area contributed by atoms with Gasteiger partial charge in [-0.05, 0) is 51.4 Å². The van der Waals surface area contributed by atoms with Crippen LogP contribution in [0.3, 0.4) is 0 Å². The molecule has 132 valence electrons. The van der Waals surface area contributed by atoms with Crippen LogP contribution in [-0.2, 0) is 16.1 Å². The highest BCUT2D eigenvalue weighted by molar-refractivity contribution is 5.69. The zero-order chi connectivity index (χ0) is 17.5. The molecule has 2 fully saturated rings. The third-order valence-electron chi connectivity index (χ3n) is 4.98. The molecule has 2 N–H and O–H groups in total. The van der Waals surface area contributed by atoms with E-state index in [1.165, 1.54) is 36.4 Å². The Labute approximate surface area is 140 Å². The third-order valence-corrected chi connectivity index (χ3v) is 4.98. The average molecular weight is 335 g/mol. The first kappa shape index (κ1) is 16.8. The van der Waals surface area contributed by atoms with Crippen LogP contribution < -0.4 is 16.6 Å². The molecule has 2 saturated carbocycles. The van der Waals surface area contributed by atoms with E-state index in [1.807, 2.05) is 0 Å². The van der Waals surface area contributed by atoms with Crippen molar-refractivity contribution in [2.45, 2.75) is 58.6 Å². The Hall–Kier alpha value is -2.05. The molecule has 7 nitrogen and oxygen atoms in total. The van der Waals surface area contributed by atoms with Crippen molar-refractivity contribution in [3.05, 3.63) is 27.0 Å². The number of anilines is 1. The van der Waals surface area contributed by atoms with Gasteiger partial charge in [-0.3, -0.25) is 19.1 Å². The highest BCUT2D eigenvalue weighted by atomic mass is 16.6. The van der Waals surface area contributed by atoms with Gasteiger partial charge in [0, 0.05) is 12.7 Å². The standard InChI is InChI=1S/C17H25N3O4/c1-16(2,3)24-13(21)10-20-9-12(14(22)19-15(20)23)18-8-11-7-17(11)5-4-6-17/h9,11,18H,4-8,10H2,1-3H3,(H,19,22,23). The molecule has 0 aliphatic heterocycles. The summed E-state index contributed by atoms with van der Waals surface area (Å²) in [5.74, 6) is 0.0927. The van der Waals surface area contributed by atoms with Gasteiger partial charge in [0.2, 0.25) is 0 Å². The lowest BCUT2D eigenvalue weighted by Gasteiger charge is -2.26. The Bertz CT molecular complexity index is 752. The summed E-state index contributed by atoms with van der Waals surface area (Å²) in [5, 5.41) is 3.13. The van der Waals surface area contributed by atoms with Crippen molar-refractivity contribution in [3.8, 4) is 0 Å². The molecule has 1 aromatic heterocycles. The summed E-state index contributed by atoms with van der Waals surface area (Å²) in [4.78, 5) is 38.0. The molecule has 24 heavy (non-hydrogen) atoms. The predicted octanol–water partition coefficient (Wildman–Crippen LogP) is 1.48. The molecule has 0 amide bonds. The maximum absolute atomic E-state index is 11.9. The lowest BCUT2D eigenvalue weighted by atomic mass is 9.80. The number of H-pyrrole nitrogens is 1. The van der Waals surface area contributed by atoms with E-state index in [-0.39, 0.29) is 6.54 Å². The summed E-state index contributed by atoms with van der Waals surface area (Å²) in [6, 6.07) is 0. The van der Waals surface area contributed by atoms with E-state index >= 15 is 0 Å². The van der Waals surface area contributed by atoms with Crippen molar-refractivity contribution in [1.29, 1.82) is 0 Å². The number of hydrogen-bond acceptors (Lipinski definition) is 5. The number of nitrogens with zero attached hydrogens (tertiary/aromatic N) is 1. The van der Waals surface area contributed by atoms with Crippen LogP contribution >= 0.6 is 0 Å². The zero-order valence-corrected chi connectivity index (χ0v) is 14.5. The molecular formula is C17H25N3O4. The SMILES string of the molecule is CC(C)(C)OC(=O)Cn1cc(NCC2CC23CCC3)c(=O)[nH]c1=O. The van der Waals surface area contributed by atoms with E-state index < -0.39 is 22.8 Å². The summed E-state index contributed by atoms with van der Waals surface area (Å²) in [6.45, 7) is 5.79. The maximum atomic E-state index is 11.9. The molecule has 1 aromatic rings. The first-order chi connectivity index (χ1) is 11.2. The molecule has 1 atom stereocenters. The number of nitrogens with one attached hydrogen (secondary N) is 2. The van der Waals surface area contributed by atoms with Gasteiger partial charge in [-0.25, -0.2) is 4.79 Å². The van der Waals surface area contributed by atoms with E-state index in [0.29, 0.717) is 17.0 Å². The Morgan fingerprint density at radius 2 is 2.12 bits per heavy atom. The van der Waals surface area contributed by atoms with Crippen LogP contribution in [0.2, 0.25) is 0 Å². The maximum Gasteiger partial charge on any atom is 0.328 e. The molecule has 0 radical (unpaired) electrons. The fourth-order valence-corrected chi connectivity index (χ4v) is 3.46. The number of hydrogen-bond donors (Lipinski definition) is 2. The number of aromatic amines is 1. The first-order valence-electron chi connectivity index (χ1n) is 8.48. The van der Waals surface area contributed by atoms with E-state index in [9.17, 15) is 14.4 Å². The predicted molar refractivity (Wildman–Crippen MR) is 90.0 cm³/mol. The summed E-state index contributed by atoms with van der Waals surface area (Å²) in [5.41, 5.74) is -0.848. The van der Waals surface area contributed by atoms with Crippen LogP contribution in [0.5, 0.6) is 0 Å². The molecule has 7 heteroatoms. The minimum Gasteiger partial charge on any atom is -0.459 e. The minimum absolute atomic E-state index is 0.227. The van der Waals surface area contributed by atoms with Crippen molar-refractivity contribution in [1.82, 2.24) is 9.55 Å². The van der Waals surface area contributed by atoms with Gasteiger partial charge >= 0.3 is 11.7 Å². The summed E-state index contributed by atoms with van der Waals surface area (Å²) < 4.78 is 6.38. The van der Waals surface area contributed by atoms with E-state index in [1.54, 1.807) is 20.8 Å². The molecular weight excluding hydrogens is 310 g/mol. The van der Waals surface area contributed by atoms with Gasteiger partial charge in [0.15, 0.2) is 0 Å². The van der Waals surface area contributed by atoms with Crippen molar-refractivity contribution in [3.63, 3.8) is 0 Å². The largest absolute Gasteiger partial charge is 0.459 e. The second-order valence-electron chi connectivity index (χ2n) is 8.01. The number of rotatable bonds is 5. The van der Waals surface area contributed by atoms with Crippen LogP contribution in [-0.4, -0.2) is 27.7 Å². The van der Waals surface area contributed by atoms with Gasteiger partial charge in [0.25, 0.3) is 5.56 Å². The molecule has 1 heterocycles. The Balaban J connectivity index is 1.65. The number of carbonyl (C=O) groups excluding carboxylic acids is 1. The van der Waals surface area contributed by atoms with Crippen LogP contribution in [0.15, 0.2) is 15.8 Å². The van der Waals surface area contributed by atoms with E-state index in [2.05, 4.69) is 10.3 Å². The molecule has 2 aliphatic rings. The topological polar surface area (TPSA) is 93.2 Å². The lowest BCUT2D eigenvalue weighted by Crippen LogP contribution is -2.35. The Morgan fingerprint density at radius 3 is 2.67 bits per heavy atom. The van der Waals surface area contributed by atoms with Crippen molar-refractivity contribution in [2.24, 2.45) is 11.3 Å². The number of esters is 1. The second-order valence-corrected chi connectivity index (χ2v) is 8.01. The molecule has 3 rings (SSSR count). The number of carbonyl (C=O) groups is 1. The van der Waals surface area contributed by atoms with Gasteiger partial charge in [0.05, 0.1) is 0 Å². The van der Waals surface area contributed by atoms with Crippen molar-refractivity contribution in [2.75, 3.05) is 11.9 Å². The van der Waals surface area contributed by atoms with Crippen molar-refractivity contribution >= 4 is 11.7 Å². The van der Waals surface area contributed by atoms with Crippen LogP contribution in [0.4, 0.5) is 5.69 Å². The molecule has 1 spiro atoms. The van der Waals surface area contributed by atoms with Crippen molar-refractivity contribution < 1.29 is 9.53 Å². The quantitative estimate of drug-likeness (QED) is 0.795. The summed E-state index contributed by atoms with van der Waals surface area (Å²) in [6.07, 6.45) is 6.50. The fraction of sp³-hybridized carbons (Fsp3) is 0.706. The van der Waals surface area contributed by atoms with Crippen LogP contribution in [0, 0.1) is 11.3 Å². The molecule has 2 aliphatic carbocycles. The highest BCUT2D eigenvalue weighted by Crippen LogP contribution is 2.65. The molecule has 0 aromatic carbocycles. The van der Waals surface area contributed by atoms with Gasteiger partial charge in [-0.1, -0.05) is 6.42 Å². The van der Waals surface area contributed by atoms with Gasteiger partial charge in [-0.2, -0.15) is 0 Å². The van der Waals surface area contributed by atoms with Crippen LogP contribution in [0.25, 0.3) is 0 Å². The monoisotopic (exact) mass is 335 g/mol. The Morgan fingerprint density at radius 1 is 1.42 bits per heavy atom. The highest BCUT2D eigenvalue weighted by Gasteiger charge is 2.56. The smallest absolute Gasteiger partial charge is 0.328 e. The normalized spacial score (nSPS) is 21.2.